The van der Waals surface area contributed by atoms with Gasteiger partial charge in [-0.2, -0.15) is 0 Å². The number of nitrogens with one attached hydrogen (secondary N) is 1. The van der Waals surface area contributed by atoms with E-state index < -0.39 is 11.6 Å². The van der Waals surface area contributed by atoms with Gasteiger partial charge in [-0.1, -0.05) is 13.8 Å². The minimum atomic E-state index is -1.86. The molecule has 6 rings (SSSR count). The van der Waals surface area contributed by atoms with E-state index in [9.17, 15) is 19.5 Å². The third-order valence-corrected chi connectivity index (χ3v) is 7.93. The summed E-state index contributed by atoms with van der Waals surface area (Å²) in [5.74, 6) is -0.294. The number of hydrogen-bond donors (Lipinski definition) is 2. The standard InChI is InChI=1S/C28H30N4O6/c1-3-17-18-12-16(38-27(35)31-10-5-8-29-9-11-31)6-7-22(18)30-24-19(17)14-32-23(24)13-21-20(25(32)33)15-37-26(34)28(21,36)4-2/h6-7,12-13,29,36H,3-5,8-11,14-15H2,1-2H3/t28-/m0/s1. The largest absolute Gasteiger partial charge is 0.458 e. The summed E-state index contributed by atoms with van der Waals surface area (Å²) in [6.07, 6.45) is 1.28. The number of aromatic nitrogens is 2. The first-order valence-corrected chi connectivity index (χ1v) is 13.2. The first kappa shape index (κ1) is 24.6. The van der Waals surface area contributed by atoms with Crippen molar-refractivity contribution in [3.05, 3.63) is 56.9 Å². The molecule has 1 aromatic carbocycles. The van der Waals surface area contributed by atoms with Crippen molar-refractivity contribution in [3.8, 4) is 17.1 Å². The van der Waals surface area contributed by atoms with Crippen LogP contribution in [0.4, 0.5) is 4.79 Å². The fraction of sp³-hybridized carbons (Fsp3) is 0.429. The molecule has 2 N–H and O–H groups in total. The van der Waals surface area contributed by atoms with Gasteiger partial charge < -0.3 is 29.4 Å². The Morgan fingerprint density at radius 3 is 2.82 bits per heavy atom. The van der Waals surface area contributed by atoms with Crippen LogP contribution in [0.2, 0.25) is 0 Å². The molecule has 1 fully saturated rings. The van der Waals surface area contributed by atoms with Crippen LogP contribution in [0, 0.1) is 0 Å². The Balaban J connectivity index is 1.42. The van der Waals surface area contributed by atoms with E-state index in [1.165, 1.54) is 0 Å². The average molecular weight is 519 g/mol. The number of cyclic esters (lactones) is 1. The number of amides is 1. The van der Waals surface area contributed by atoms with Gasteiger partial charge in [-0.25, -0.2) is 14.6 Å². The predicted molar refractivity (Wildman–Crippen MR) is 139 cm³/mol. The van der Waals surface area contributed by atoms with Crippen molar-refractivity contribution in [2.75, 3.05) is 26.2 Å². The second-order valence-electron chi connectivity index (χ2n) is 10.0. The van der Waals surface area contributed by atoms with Crippen LogP contribution in [0.15, 0.2) is 29.1 Å². The number of carbonyl (C=O) groups is 2. The lowest BCUT2D eigenvalue weighted by Gasteiger charge is -2.31. The summed E-state index contributed by atoms with van der Waals surface area (Å²) in [7, 11) is 0. The molecule has 10 nitrogen and oxygen atoms in total. The highest BCUT2D eigenvalue weighted by atomic mass is 16.6. The van der Waals surface area contributed by atoms with E-state index in [1.54, 1.807) is 28.5 Å². The minimum Gasteiger partial charge on any atom is -0.458 e. The molecular formula is C28H30N4O6. The van der Waals surface area contributed by atoms with Gasteiger partial charge in [0.15, 0.2) is 5.60 Å². The molecule has 2 aromatic heterocycles. The first-order valence-electron chi connectivity index (χ1n) is 13.2. The lowest BCUT2D eigenvalue weighted by Crippen LogP contribution is -2.44. The highest BCUT2D eigenvalue weighted by Crippen LogP contribution is 2.40. The first-order chi connectivity index (χ1) is 18.4. The molecule has 0 spiro atoms. The number of pyridine rings is 2. The van der Waals surface area contributed by atoms with Gasteiger partial charge >= 0.3 is 12.1 Å². The zero-order valence-electron chi connectivity index (χ0n) is 21.5. The van der Waals surface area contributed by atoms with Gasteiger partial charge in [0.25, 0.3) is 5.56 Å². The van der Waals surface area contributed by atoms with E-state index in [0.29, 0.717) is 59.8 Å². The molecule has 1 amide bonds. The Morgan fingerprint density at radius 1 is 1.18 bits per heavy atom. The Bertz CT molecular complexity index is 1540. The quantitative estimate of drug-likeness (QED) is 0.397. The second-order valence-corrected chi connectivity index (χ2v) is 10.0. The average Bonchev–Trinajstić information content (AvgIpc) is 3.09. The Morgan fingerprint density at radius 2 is 2.03 bits per heavy atom. The lowest BCUT2D eigenvalue weighted by molar-refractivity contribution is -0.172. The Labute approximate surface area is 219 Å². The summed E-state index contributed by atoms with van der Waals surface area (Å²) < 4.78 is 12.5. The van der Waals surface area contributed by atoms with Crippen LogP contribution >= 0.6 is 0 Å². The number of ether oxygens (including phenoxy) is 2. The van der Waals surface area contributed by atoms with Crippen molar-refractivity contribution in [2.45, 2.75) is 51.9 Å². The van der Waals surface area contributed by atoms with Crippen LogP contribution in [-0.2, 0) is 34.7 Å². The van der Waals surface area contributed by atoms with Gasteiger partial charge in [0.05, 0.1) is 29.0 Å². The van der Waals surface area contributed by atoms with Crippen molar-refractivity contribution in [1.29, 1.82) is 0 Å². The molecule has 3 aliphatic rings. The van der Waals surface area contributed by atoms with E-state index in [0.717, 1.165) is 36.0 Å². The monoisotopic (exact) mass is 518 g/mol. The molecule has 0 saturated carbocycles. The van der Waals surface area contributed by atoms with E-state index in [-0.39, 0.29) is 24.7 Å². The SMILES string of the molecule is CCc1c2c(nc3ccc(OC(=O)N4CCCNCC4)cc13)-c1cc3c(c(=O)n1C2)COC(=O)[C@]3(O)CC. The smallest absolute Gasteiger partial charge is 0.415 e. The summed E-state index contributed by atoms with van der Waals surface area (Å²) in [5, 5.41) is 15.2. The van der Waals surface area contributed by atoms with E-state index in [1.807, 2.05) is 19.1 Å². The van der Waals surface area contributed by atoms with Crippen molar-refractivity contribution >= 4 is 23.0 Å². The number of rotatable bonds is 3. The summed E-state index contributed by atoms with van der Waals surface area (Å²) in [6.45, 7) is 6.75. The van der Waals surface area contributed by atoms with Crippen molar-refractivity contribution in [1.82, 2.24) is 19.8 Å². The van der Waals surface area contributed by atoms with Crippen LogP contribution in [0.25, 0.3) is 22.3 Å². The van der Waals surface area contributed by atoms with Gasteiger partial charge in [-0.3, -0.25) is 4.79 Å². The van der Waals surface area contributed by atoms with Crippen molar-refractivity contribution < 1.29 is 24.2 Å². The van der Waals surface area contributed by atoms with E-state index >= 15 is 0 Å². The molecule has 1 atom stereocenters. The predicted octanol–water partition coefficient (Wildman–Crippen LogP) is 2.44. The molecule has 198 valence electrons. The third-order valence-electron chi connectivity index (χ3n) is 7.93. The normalized spacial score (nSPS) is 20.4. The number of nitrogens with zero attached hydrogens (tertiary/aromatic N) is 3. The van der Waals surface area contributed by atoms with Gasteiger partial charge in [0, 0.05) is 36.1 Å². The van der Waals surface area contributed by atoms with Crippen LogP contribution in [0.3, 0.4) is 0 Å². The maximum Gasteiger partial charge on any atom is 0.415 e. The fourth-order valence-electron chi connectivity index (χ4n) is 5.80. The molecular weight excluding hydrogens is 488 g/mol. The number of carbonyl (C=O) groups excluding carboxylic acids is 2. The molecule has 5 heterocycles. The van der Waals surface area contributed by atoms with Gasteiger partial charge in [0.2, 0.25) is 0 Å². The lowest BCUT2D eigenvalue weighted by atomic mass is 9.86. The molecule has 0 aliphatic carbocycles. The molecule has 3 aliphatic heterocycles. The number of aryl methyl sites for hydroxylation is 1. The van der Waals surface area contributed by atoms with Crippen molar-refractivity contribution in [3.63, 3.8) is 0 Å². The Kier molecular flexibility index (Phi) is 5.96. The molecule has 0 radical (unpaired) electrons. The minimum absolute atomic E-state index is 0.0926. The highest BCUT2D eigenvalue weighted by molar-refractivity contribution is 5.90. The molecule has 1 saturated heterocycles. The summed E-state index contributed by atoms with van der Waals surface area (Å²) in [6, 6.07) is 7.11. The summed E-state index contributed by atoms with van der Waals surface area (Å²) >= 11 is 0. The van der Waals surface area contributed by atoms with Gasteiger partial charge in [-0.15, -0.1) is 0 Å². The zero-order chi connectivity index (χ0) is 26.6. The van der Waals surface area contributed by atoms with Crippen LogP contribution in [0.1, 0.15) is 48.9 Å². The summed E-state index contributed by atoms with van der Waals surface area (Å²) in [5.41, 5.74) is 2.32. The van der Waals surface area contributed by atoms with E-state index in [4.69, 9.17) is 14.5 Å². The number of esters is 1. The number of hydrogen-bond acceptors (Lipinski definition) is 8. The summed E-state index contributed by atoms with van der Waals surface area (Å²) in [4.78, 5) is 45.3. The van der Waals surface area contributed by atoms with Crippen LogP contribution in [0.5, 0.6) is 5.75 Å². The molecule has 0 unspecified atom stereocenters. The Hall–Kier alpha value is -3.76. The second kappa shape index (κ2) is 9.21. The van der Waals surface area contributed by atoms with E-state index in [2.05, 4.69) is 5.32 Å². The maximum absolute atomic E-state index is 13.5. The molecule has 0 bridgehead atoms. The van der Waals surface area contributed by atoms with Crippen LogP contribution in [-0.4, -0.2) is 57.8 Å². The van der Waals surface area contributed by atoms with Gasteiger partial charge in [0.1, 0.15) is 12.4 Å². The van der Waals surface area contributed by atoms with Crippen LogP contribution < -0.4 is 15.6 Å². The molecule has 38 heavy (non-hydrogen) atoms. The van der Waals surface area contributed by atoms with Crippen molar-refractivity contribution in [2.24, 2.45) is 0 Å². The zero-order valence-corrected chi connectivity index (χ0v) is 21.5. The third kappa shape index (κ3) is 3.70. The number of aliphatic hydroxyl groups is 1. The molecule has 10 heteroatoms. The van der Waals surface area contributed by atoms with Gasteiger partial charge in [-0.05, 0) is 55.6 Å². The maximum atomic E-state index is 13.5. The number of benzene rings is 1. The topological polar surface area (TPSA) is 123 Å². The fourth-order valence-corrected chi connectivity index (χ4v) is 5.80. The number of fused-ring (bicyclic) bond motifs is 5. The highest BCUT2D eigenvalue weighted by Gasteiger charge is 2.45. The molecule has 3 aromatic rings.